The highest BCUT2D eigenvalue weighted by Gasteiger charge is 2.28. The Morgan fingerprint density at radius 2 is 1.82 bits per heavy atom. The van der Waals surface area contributed by atoms with Gasteiger partial charge in [0, 0.05) is 38.8 Å². The van der Waals surface area contributed by atoms with Crippen LogP contribution in [0.15, 0.2) is 0 Å². The van der Waals surface area contributed by atoms with E-state index in [2.05, 4.69) is 23.6 Å². The van der Waals surface area contributed by atoms with Crippen LogP contribution in [0.4, 0.5) is 0 Å². The van der Waals surface area contributed by atoms with Crippen LogP contribution in [-0.4, -0.2) is 59.8 Å². The lowest BCUT2D eigenvalue weighted by Crippen LogP contribution is -2.52. The number of hydrogen-bond donors (Lipinski definition) is 1. The first-order valence-corrected chi connectivity index (χ1v) is 7.29. The van der Waals surface area contributed by atoms with Crippen LogP contribution in [0.5, 0.6) is 0 Å². The van der Waals surface area contributed by atoms with Gasteiger partial charge < -0.3 is 10.0 Å². The first-order valence-electron chi connectivity index (χ1n) is 7.29. The Hall–Kier alpha value is -0.120. The summed E-state index contributed by atoms with van der Waals surface area (Å²) >= 11 is 0. The lowest BCUT2D eigenvalue weighted by atomic mass is 9.91. The molecule has 2 aliphatic rings. The maximum Gasteiger partial charge on any atom is 0.0555 e. The quantitative estimate of drug-likeness (QED) is 0.811. The Bertz CT molecular complexity index is 224. The van der Waals surface area contributed by atoms with E-state index >= 15 is 0 Å². The molecule has 1 aliphatic heterocycles. The predicted octanol–water partition coefficient (Wildman–Crippen LogP) is 1.56. The van der Waals surface area contributed by atoms with Gasteiger partial charge in [0.2, 0.25) is 0 Å². The Morgan fingerprint density at radius 3 is 2.41 bits per heavy atom. The second-order valence-corrected chi connectivity index (χ2v) is 6.20. The van der Waals surface area contributed by atoms with Gasteiger partial charge in [-0.2, -0.15) is 0 Å². The van der Waals surface area contributed by atoms with E-state index in [1.54, 1.807) is 0 Å². The minimum absolute atomic E-state index is 0.0394. The summed E-state index contributed by atoms with van der Waals surface area (Å²) in [5, 5.41) is 9.74. The van der Waals surface area contributed by atoms with Crippen LogP contribution < -0.4 is 0 Å². The molecule has 100 valence electrons. The molecule has 3 heteroatoms. The maximum atomic E-state index is 9.74. The highest BCUT2D eigenvalue weighted by atomic mass is 16.3. The number of piperazine rings is 1. The SMILES string of the molecule is CC(C)CN1CCN(C2CCCC(O)C2)CC1. The normalized spacial score (nSPS) is 33.2. The summed E-state index contributed by atoms with van der Waals surface area (Å²) in [5.41, 5.74) is 0. The lowest BCUT2D eigenvalue weighted by molar-refractivity contribution is 0.0317. The van der Waals surface area contributed by atoms with Crippen LogP contribution in [0.1, 0.15) is 39.5 Å². The van der Waals surface area contributed by atoms with Crippen LogP contribution in [0.25, 0.3) is 0 Å². The van der Waals surface area contributed by atoms with Crippen LogP contribution >= 0.6 is 0 Å². The molecular weight excluding hydrogens is 212 g/mol. The van der Waals surface area contributed by atoms with Crippen molar-refractivity contribution >= 4 is 0 Å². The van der Waals surface area contributed by atoms with Crippen molar-refractivity contribution in [2.45, 2.75) is 51.7 Å². The van der Waals surface area contributed by atoms with E-state index in [1.165, 1.54) is 45.6 Å². The van der Waals surface area contributed by atoms with Crippen molar-refractivity contribution in [3.8, 4) is 0 Å². The summed E-state index contributed by atoms with van der Waals surface area (Å²) in [4.78, 5) is 5.19. The Kier molecular flexibility index (Phi) is 4.83. The molecule has 0 aromatic carbocycles. The molecule has 1 N–H and O–H groups in total. The van der Waals surface area contributed by atoms with Crippen molar-refractivity contribution in [1.82, 2.24) is 9.80 Å². The zero-order valence-corrected chi connectivity index (χ0v) is 11.4. The standard InChI is InChI=1S/C14H28N2O/c1-12(2)11-15-6-8-16(9-7-15)13-4-3-5-14(17)10-13/h12-14,17H,3-11H2,1-2H3. The van der Waals surface area contributed by atoms with Gasteiger partial charge in [0.25, 0.3) is 0 Å². The molecule has 1 heterocycles. The molecule has 1 saturated heterocycles. The molecule has 3 nitrogen and oxygen atoms in total. The zero-order chi connectivity index (χ0) is 12.3. The monoisotopic (exact) mass is 240 g/mol. The molecule has 2 rings (SSSR count). The molecule has 2 unspecified atom stereocenters. The lowest BCUT2D eigenvalue weighted by Gasteiger charge is -2.42. The third-order valence-electron chi connectivity index (χ3n) is 4.17. The van der Waals surface area contributed by atoms with Crippen molar-refractivity contribution in [2.24, 2.45) is 5.92 Å². The van der Waals surface area contributed by atoms with Gasteiger partial charge in [0.1, 0.15) is 0 Å². The maximum absolute atomic E-state index is 9.74. The topological polar surface area (TPSA) is 26.7 Å². The third kappa shape index (κ3) is 3.94. The van der Waals surface area contributed by atoms with Gasteiger partial charge in [0.05, 0.1) is 6.10 Å². The smallest absolute Gasteiger partial charge is 0.0555 e. The van der Waals surface area contributed by atoms with E-state index in [1.807, 2.05) is 0 Å². The van der Waals surface area contributed by atoms with Gasteiger partial charge >= 0.3 is 0 Å². The molecule has 1 saturated carbocycles. The average molecular weight is 240 g/mol. The van der Waals surface area contributed by atoms with E-state index in [-0.39, 0.29) is 6.10 Å². The minimum atomic E-state index is -0.0394. The summed E-state index contributed by atoms with van der Waals surface area (Å²) in [6, 6.07) is 0.653. The number of rotatable bonds is 3. The largest absolute Gasteiger partial charge is 0.393 e. The van der Waals surface area contributed by atoms with Crippen molar-refractivity contribution in [2.75, 3.05) is 32.7 Å². The molecule has 0 bridgehead atoms. The number of hydrogen-bond acceptors (Lipinski definition) is 3. The van der Waals surface area contributed by atoms with Gasteiger partial charge in [-0.1, -0.05) is 13.8 Å². The zero-order valence-electron chi connectivity index (χ0n) is 11.4. The van der Waals surface area contributed by atoms with Crippen LogP contribution in [0.3, 0.4) is 0 Å². The van der Waals surface area contributed by atoms with E-state index in [4.69, 9.17) is 0 Å². The Balaban J connectivity index is 1.74. The molecule has 1 aliphatic carbocycles. The number of aliphatic hydroxyl groups excluding tert-OH is 1. The average Bonchev–Trinajstić information content (AvgIpc) is 2.29. The Labute approximate surface area is 106 Å². The molecule has 0 amide bonds. The predicted molar refractivity (Wildman–Crippen MR) is 71.1 cm³/mol. The van der Waals surface area contributed by atoms with E-state index in [0.717, 1.165) is 18.8 Å². The van der Waals surface area contributed by atoms with Crippen molar-refractivity contribution in [3.05, 3.63) is 0 Å². The Morgan fingerprint density at radius 1 is 1.12 bits per heavy atom. The molecular formula is C14H28N2O. The second-order valence-electron chi connectivity index (χ2n) is 6.20. The van der Waals surface area contributed by atoms with Gasteiger partial charge in [0.15, 0.2) is 0 Å². The summed E-state index contributed by atoms with van der Waals surface area (Å²) in [5.74, 6) is 0.776. The molecule has 0 spiro atoms. The molecule has 0 aromatic heterocycles. The van der Waals surface area contributed by atoms with Crippen molar-refractivity contribution in [1.29, 1.82) is 0 Å². The first-order chi connectivity index (χ1) is 8.15. The van der Waals surface area contributed by atoms with E-state index in [9.17, 15) is 5.11 Å². The summed E-state index contributed by atoms with van der Waals surface area (Å²) in [6.45, 7) is 10.7. The van der Waals surface area contributed by atoms with Crippen molar-refractivity contribution in [3.63, 3.8) is 0 Å². The third-order valence-corrected chi connectivity index (χ3v) is 4.17. The number of aliphatic hydroxyl groups is 1. The van der Waals surface area contributed by atoms with Crippen LogP contribution in [0, 0.1) is 5.92 Å². The van der Waals surface area contributed by atoms with Gasteiger partial charge in [-0.3, -0.25) is 4.90 Å². The fraction of sp³-hybridized carbons (Fsp3) is 1.00. The molecule has 17 heavy (non-hydrogen) atoms. The fourth-order valence-corrected chi connectivity index (χ4v) is 3.30. The summed E-state index contributed by atoms with van der Waals surface area (Å²) in [6.07, 6.45) is 4.48. The highest BCUT2D eigenvalue weighted by Crippen LogP contribution is 2.24. The van der Waals surface area contributed by atoms with Crippen LogP contribution in [0.2, 0.25) is 0 Å². The van der Waals surface area contributed by atoms with Gasteiger partial charge in [-0.05, 0) is 31.6 Å². The van der Waals surface area contributed by atoms with Crippen molar-refractivity contribution < 1.29 is 5.11 Å². The minimum Gasteiger partial charge on any atom is -0.393 e. The van der Waals surface area contributed by atoms with E-state index in [0.29, 0.717) is 6.04 Å². The molecule has 2 fully saturated rings. The van der Waals surface area contributed by atoms with E-state index < -0.39 is 0 Å². The highest BCUT2D eigenvalue weighted by molar-refractivity contribution is 4.83. The fourth-order valence-electron chi connectivity index (χ4n) is 3.30. The van der Waals surface area contributed by atoms with Gasteiger partial charge in [-0.25, -0.2) is 0 Å². The first kappa shape index (κ1) is 13.3. The number of nitrogens with zero attached hydrogens (tertiary/aromatic N) is 2. The molecule has 2 atom stereocenters. The van der Waals surface area contributed by atoms with Gasteiger partial charge in [-0.15, -0.1) is 0 Å². The summed E-state index contributed by atoms with van der Waals surface area (Å²) in [7, 11) is 0. The molecule has 0 aromatic rings. The second kappa shape index (κ2) is 6.17. The van der Waals surface area contributed by atoms with Crippen LogP contribution in [-0.2, 0) is 0 Å². The molecule has 0 radical (unpaired) electrons. The summed E-state index contributed by atoms with van der Waals surface area (Å²) < 4.78 is 0.